The Bertz CT molecular complexity index is 1080. The molecule has 0 fully saturated rings. The molecular formula is C20H23N7O. The van der Waals surface area contributed by atoms with Crippen LogP contribution in [0.3, 0.4) is 0 Å². The van der Waals surface area contributed by atoms with Gasteiger partial charge in [0, 0.05) is 29.7 Å². The fourth-order valence-corrected chi connectivity index (χ4v) is 3.54. The first-order valence-corrected chi connectivity index (χ1v) is 9.27. The van der Waals surface area contributed by atoms with E-state index in [-0.39, 0.29) is 5.91 Å². The number of nitrogens with one attached hydrogen (secondary N) is 2. The number of carbonyl (C=O) groups is 1. The molecule has 144 valence electrons. The molecule has 8 heteroatoms. The molecule has 0 spiro atoms. The Kier molecular flexibility index (Phi) is 4.46. The number of benzene rings is 1. The third-order valence-corrected chi connectivity index (χ3v) is 5.04. The average molecular weight is 377 g/mol. The molecule has 3 aromatic rings. The number of nitrogens with zero attached hydrogens (tertiary/aromatic N) is 5. The monoisotopic (exact) mass is 377 g/mol. The van der Waals surface area contributed by atoms with Gasteiger partial charge in [0.2, 0.25) is 5.95 Å². The Morgan fingerprint density at radius 1 is 1.25 bits per heavy atom. The lowest BCUT2D eigenvalue weighted by Crippen LogP contribution is -2.31. The Hall–Kier alpha value is -3.42. The summed E-state index contributed by atoms with van der Waals surface area (Å²) < 4.78 is 3.61. The molecule has 0 radical (unpaired) electrons. The standard InChI is InChI=1S/C20H23N7O/c1-5-26-10-15(13(3)25-26)18-17(14(4)23-20-21-11-22-27(18)20)19(28)24-16-9-7-6-8-12(16)2/h6-11,18H,5H2,1-4H3,(H,24,28)(H,21,22,23). The van der Waals surface area contributed by atoms with Gasteiger partial charge in [-0.1, -0.05) is 18.2 Å². The maximum atomic E-state index is 13.3. The van der Waals surface area contributed by atoms with Crippen LogP contribution in [0.15, 0.2) is 48.1 Å². The quantitative estimate of drug-likeness (QED) is 0.729. The van der Waals surface area contributed by atoms with Crippen molar-refractivity contribution in [3.05, 3.63) is 64.9 Å². The Balaban J connectivity index is 1.80. The topological polar surface area (TPSA) is 89.7 Å². The van der Waals surface area contributed by atoms with E-state index >= 15 is 0 Å². The molecule has 3 heterocycles. The molecule has 2 aromatic heterocycles. The smallest absolute Gasteiger partial charge is 0.255 e. The molecular weight excluding hydrogens is 354 g/mol. The van der Waals surface area contributed by atoms with Crippen LogP contribution in [-0.4, -0.2) is 30.5 Å². The Labute approximate surface area is 163 Å². The van der Waals surface area contributed by atoms with Crippen LogP contribution in [-0.2, 0) is 11.3 Å². The van der Waals surface area contributed by atoms with E-state index in [1.807, 2.05) is 62.8 Å². The van der Waals surface area contributed by atoms with Crippen molar-refractivity contribution in [3.63, 3.8) is 0 Å². The summed E-state index contributed by atoms with van der Waals surface area (Å²) in [5, 5.41) is 15.2. The van der Waals surface area contributed by atoms with Crippen LogP contribution in [0, 0.1) is 13.8 Å². The number of aryl methyl sites for hydroxylation is 3. The van der Waals surface area contributed by atoms with E-state index in [4.69, 9.17) is 0 Å². The van der Waals surface area contributed by atoms with Crippen LogP contribution in [0.1, 0.15) is 36.7 Å². The molecule has 8 nitrogen and oxygen atoms in total. The maximum Gasteiger partial charge on any atom is 0.255 e. The molecule has 1 aliphatic heterocycles. The molecule has 0 bridgehead atoms. The summed E-state index contributed by atoms with van der Waals surface area (Å²) in [6.45, 7) is 8.60. The van der Waals surface area contributed by atoms with Crippen molar-refractivity contribution < 1.29 is 4.79 Å². The van der Waals surface area contributed by atoms with Gasteiger partial charge >= 0.3 is 0 Å². The zero-order valence-electron chi connectivity index (χ0n) is 16.4. The van der Waals surface area contributed by atoms with Crippen molar-refractivity contribution in [2.24, 2.45) is 0 Å². The van der Waals surface area contributed by atoms with E-state index in [0.717, 1.165) is 34.8 Å². The Morgan fingerprint density at radius 2 is 2.04 bits per heavy atom. The molecule has 1 aromatic carbocycles. The molecule has 1 atom stereocenters. The van der Waals surface area contributed by atoms with Gasteiger partial charge in [-0.05, 0) is 39.3 Å². The zero-order valence-corrected chi connectivity index (χ0v) is 16.4. The minimum Gasteiger partial charge on any atom is -0.328 e. The summed E-state index contributed by atoms with van der Waals surface area (Å²) in [7, 11) is 0. The van der Waals surface area contributed by atoms with E-state index in [2.05, 4.69) is 25.8 Å². The van der Waals surface area contributed by atoms with E-state index in [1.165, 1.54) is 6.33 Å². The zero-order chi connectivity index (χ0) is 19.8. The molecule has 1 unspecified atom stereocenters. The number of rotatable bonds is 4. The summed E-state index contributed by atoms with van der Waals surface area (Å²) in [5.74, 6) is 0.438. The fraction of sp³-hybridized carbons (Fsp3) is 0.300. The van der Waals surface area contributed by atoms with Gasteiger partial charge in [0.25, 0.3) is 5.91 Å². The van der Waals surface area contributed by atoms with Crippen LogP contribution < -0.4 is 10.6 Å². The molecule has 1 aliphatic rings. The lowest BCUT2D eigenvalue weighted by Gasteiger charge is -2.28. The normalized spacial score (nSPS) is 15.9. The van der Waals surface area contributed by atoms with Gasteiger partial charge < -0.3 is 10.6 Å². The van der Waals surface area contributed by atoms with Crippen LogP contribution in [0.25, 0.3) is 0 Å². The molecule has 28 heavy (non-hydrogen) atoms. The number of carbonyl (C=O) groups excluding carboxylic acids is 1. The SMILES string of the molecule is CCn1cc(C2C(C(=O)Nc3ccccc3C)=C(C)Nc3ncnn32)c(C)n1. The van der Waals surface area contributed by atoms with Crippen molar-refractivity contribution in [1.82, 2.24) is 24.5 Å². The minimum atomic E-state index is -0.400. The number of amides is 1. The minimum absolute atomic E-state index is 0.172. The molecule has 0 aliphatic carbocycles. The lowest BCUT2D eigenvalue weighted by atomic mass is 9.95. The molecule has 0 saturated heterocycles. The summed E-state index contributed by atoms with van der Waals surface area (Å²) in [6.07, 6.45) is 3.47. The second-order valence-electron chi connectivity index (χ2n) is 6.89. The first-order chi connectivity index (χ1) is 13.5. The molecule has 1 amide bonds. The predicted octanol–water partition coefficient (Wildman–Crippen LogP) is 3.04. The predicted molar refractivity (Wildman–Crippen MR) is 107 cm³/mol. The van der Waals surface area contributed by atoms with E-state index in [0.29, 0.717) is 11.5 Å². The highest BCUT2D eigenvalue weighted by atomic mass is 16.1. The maximum absolute atomic E-state index is 13.3. The van der Waals surface area contributed by atoms with Crippen molar-refractivity contribution in [2.45, 2.75) is 40.3 Å². The number of hydrogen-bond donors (Lipinski definition) is 2. The van der Waals surface area contributed by atoms with Gasteiger partial charge in [-0.2, -0.15) is 15.2 Å². The van der Waals surface area contributed by atoms with Gasteiger partial charge in [0.1, 0.15) is 12.4 Å². The largest absolute Gasteiger partial charge is 0.328 e. The molecule has 2 N–H and O–H groups in total. The third-order valence-electron chi connectivity index (χ3n) is 5.04. The number of para-hydroxylation sites is 1. The van der Waals surface area contributed by atoms with E-state index in [1.54, 1.807) is 4.68 Å². The highest BCUT2D eigenvalue weighted by Gasteiger charge is 2.35. The van der Waals surface area contributed by atoms with Crippen molar-refractivity contribution in [2.75, 3.05) is 10.6 Å². The number of anilines is 2. The second-order valence-corrected chi connectivity index (χ2v) is 6.89. The fourth-order valence-electron chi connectivity index (χ4n) is 3.54. The van der Waals surface area contributed by atoms with Crippen molar-refractivity contribution in [1.29, 1.82) is 0 Å². The third kappa shape index (κ3) is 2.96. The first-order valence-electron chi connectivity index (χ1n) is 9.27. The number of aromatic nitrogens is 5. The van der Waals surface area contributed by atoms with Gasteiger partial charge in [0.15, 0.2) is 0 Å². The van der Waals surface area contributed by atoms with Crippen LogP contribution in [0.5, 0.6) is 0 Å². The van der Waals surface area contributed by atoms with Crippen molar-refractivity contribution >= 4 is 17.5 Å². The van der Waals surface area contributed by atoms with Gasteiger partial charge in [-0.25, -0.2) is 4.68 Å². The Morgan fingerprint density at radius 3 is 2.75 bits per heavy atom. The average Bonchev–Trinajstić information content (AvgIpc) is 3.28. The first kappa shape index (κ1) is 18.0. The van der Waals surface area contributed by atoms with Crippen molar-refractivity contribution in [3.8, 4) is 0 Å². The van der Waals surface area contributed by atoms with E-state index < -0.39 is 6.04 Å². The van der Waals surface area contributed by atoms with Crippen LogP contribution >= 0.6 is 0 Å². The highest BCUT2D eigenvalue weighted by molar-refractivity contribution is 6.06. The second kappa shape index (κ2) is 6.95. The van der Waals surface area contributed by atoms with Crippen LogP contribution in [0.4, 0.5) is 11.6 Å². The summed E-state index contributed by atoms with van der Waals surface area (Å²) in [6, 6.07) is 7.33. The summed E-state index contributed by atoms with van der Waals surface area (Å²) >= 11 is 0. The van der Waals surface area contributed by atoms with Gasteiger partial charge in [-0.3, -0.25) is 9.48 Å². The molecule has 0 saturated carbocycles. The van der Waals surface area contributed by atoms with E-state index in [9.17, 15) is 4.79 Å². The number of hydrogen-bond acceptors (Lipinski definition) is 5. The van der Waals surface area contributed by atoms with Crippen LogP contribution in [0.2, 0.25) is 0 Å². The van der Waals surface area contributed by atoms with Gasteiger partial charge in [0.05, 0.1) is 11.3 Å². The summed E-state index contributed by atoms with van der Waals surface area (Å²) in [5.41, 5.74) is 4.94. The lowest BCUT2D eigenvalue weighted by molar-refractivity contribution is -0.113. The molecule has 4 rings (SSSR count). The number of allylic oxidation sites excluding steroid dienone is 1. The number of fused-ring (bicyclic) bond motifs is 1. The summed E-state index contributed by atoms with van der Waals surface area (Å²) in [4.78, 5) is 17.6. The highest BCUT2D eigenvalue weighted by Crippen LogP contribution is 2.36. The van der Waals surface area contributed by atoms with Gasteiger partial charge in [-0.15, -0.1) is 0 Å².